The van der Waals surface area contributed by atoms with Crippen molar-refractivity contribution in [3.63, 3.8) is 0 Å². The van der Waals surface area contributed by atoms with Gasteiger partial charge in [-0.15, -0.1) is 0 Å². The molecule has 0 saturated heterocycles. The van der Waals surface area contributed by atoms with Crippen LogP contribution in [-0.2, 0) is 27.1 Å². The van der Waals surface area contributed by atoms with Crippen molar-refractivity contribution < 1.29 is 32.2 Å². The van der Waals surface area contributed by atoms with Gasteiger partial charge in [-0.25, -0.2) is 22.9 Å². The van der Waals surface area contributed by atoms with Crippen LogP contribution in [0.5, 0.6) is 5.75 Å². The number of amides is 1. The van der Waals surface area contributed by atoms with Gasteiger partial charge in [0.15, 0.2) is 11.1 Å². The van der Waals surface area contributed by atoms with Crippen LogP contribution in [0.4, 0.5) is 13.2 Å². The number of carbonyl (C=O) groups is 2. The summed E-state index contributed by atoms with van der Waals surface area (Å²) in [7, 11) is 2.71. The van der Waals surface area contributed by atoms with Crippen molar-refractivity contribution in [2.75, 3.05) is 20.8 Å². The van der Waals surface area contributed by atoms with Gasteiger partial charge >= 0.3 is 5.97 Å². The van der Waals surface area contributed by atoms with E-state index in [1.807, 2.05) is 16.7 Å². The van der Waals surface area contributed by atoms with Gasteiger partial charge in [-0.1, -0.05) is 29.4 Å². The van der Waals surface area contributed by atoms with E-state index in [9.17, 15) is 14.0 Å². The smallest absolute Gasteiger partial charge is 0.328 e. The SMILES string of the molecule is COC(=O)C(CCCNC(=N)N)NC(=O)c1cc(F)c(CSc2nc3c(n2-c2ccc(F)cc2)C(C)(c2ccc(Cl)c(OC)c2)CCC3)c(F)c1. The van der Waals surface area contributed by atoms with Gasteiger partial charge in [0.25, 0.3) is 5.91 Å². The second kappa shape index (κ2) is 16.1. The summed E-state index contributed by atoms with van der Waals surface area (Å²) < 4.78 is 57.4. The van der Waals surface area contributed by atoms with Gasteiger partial charge in [0.05, 0.1) is 30.6 Å². The Labute approximate surface area is 302 Å². The molecule has 10 nitrogen and oxygen atoms in total. The summed E-state index contributed by atoms with van der Waals surface area (Å²) in [6.07, 6.45) is 2.75. The lowest BCUT2D eigenvalue weighted by molar-refractivity contribution is -0.143. The predicted molar refractivity (Wildman–Crippen MR) is 189 cm³/mol. The molecule has 5 rings (SSSR count). The second-order valence-electron chi connectivity index (χ2n) is 12.3. The number of fused-ring (bicyclic) bond motifs is 1. The highest BCUT2D eigenvalue weighted by atomic mass is 35.5. The van der Waals surface area contributed by atoms with Gasteiger partial charge < -0.3 is 25.8 Å². The van der Waals surface area contributed by atoms with Crippen molar-refractivity contribution in [3.05, 3.63) is 105 Å². The summed E-state index contributed by atoms with van der Waals surface area (Å²) in [6, 6.07) is 12.3. The number of aryl methyl sites for hydroxylation is 1. The molecule has 1 heterocycles. The Morgan fingerprint density at radius 2 is 1.82 bits per heavy atom. The van der Waals surface area contributed by atoms with Crippen LogP contribution in [0.3, 0.4) is 0 Å². The maximum atomic E-state index is 15.5. The average molecular weight is 743 g/mol. The fourth-order valence-electron chi connectivity index (χ4n) is 6.29. The summed E-state index contributed by atoms with van der Waals surface area (Å²) in [4.78, 5) is 30.2. The Morgan fingerprint density at radius 3 is 2.47 bits per heavy atom. The molecule has 1 amide bonds. The fourth-order valence-corrected chi connectivity index (χ4v) is 7.54. The van der Waals surface area contributed by atoms with E-state index in [0.717, 1.165) is 60.8 Å². The molecule has 3 aromatic carbocycles. The van der Waals surface area contributed by atoms with Crippen molar-refractivity contribution in [1.82, 2.24) is 20.2 Å². The topological polar surface area (TPSA) is 144 Å². The third-order valence-corrected chi connectivity index (χ3v) is 10.2. The molecule has 0 bridgehead atoms. The number of guanidine groups is 1. The average Bonchev–Trinajstić information content (AvgIpc) is 3.48. The number of thioether (sulfide) groups is 1. The summed E-state index contributed by atoms with van der Waals surface area (Å²) in [5, 5.41) is 13.2. The number of nitrogens with one attached hydrogen (secondary N) is 3. The number of methoxy groups -OCH3 is 2. The molecule has 4 aromatic rings. The highest BCUT2D eigenvalue weighted by Gasteiger charge is 2.40. The van der Waals surface area contributed by atoms with Crippen LogP contribution in [-0.4, -0.2) is 54.2 Å². The van der Waals surface area contributed by atoms with E-state index in [4.69, 9.17) is 37.2 Å². The number of esters is 1. The summed E-state index contributed by atoms with van der Waals surface area (Å²) in [5.41, 5.74) is 7.38. The van der Waals surface area contributed by atoms with Crippen molar-refractivity contribution in [2.24, 2.45) is 5.73 Å². The number of halogens is 4. The number of aromatic nitrogens is 2. The van der Waals surface area contributed by atoms with Crippen LogP contribution in [0.15, 0.2) is 59.8 Å². The zero-order valence-corrected chi connectivity index (χ0v) is 29.8. The van der Waals surface area contributed by atoms with Gasteiger partial charge in [0.1, 0.15) is 29.2 Å². The number of carbonyl (C=O) groups excluding carboxylic acids is 2. The number of rotatable bonds is 13. The maximum absolute atomic E-state index is 15.5. The standard InChI is InChI=1S/C36H38ClF3N6O4S/c1-36(21-8-13-25(37)30(18-21)49-2)14-4-6-28-31(36)46(23-11-9-22(38)10-12-23)35(45-28)51-19-24-26(39)16-20(17-27(24)40)32(47)44-29(33(48)50-3)7-5-15-43-34(41)42/h8-13,16-18,29H,4-7,14-15,19H2,1-3H3,(H,44,47)(H4,41,42,43). The zero-order chi connectivity index (χ0) is 36.9. The first kappa shape index (κ1) is 37.6. The van der Waals surface area contributed by atoms with Gasteiger partial charge in [0.2, 0.25) is 0 Å². The molecule has 0 spiro atoms. The van der Waals surface area contributed by atoms with Gasteiger partial charge in [-0.05, 0) is 93.1 Å². The predicted octanol–water partition coefficient (Wildman–Crippen LogP) is 6.42. The number of hydrogen-bond acceptors (Lipinski definition) is 7. The number of imidazole rings is 1. The normalized spacial score (nSPS) is 15.8. The van der Waals surface area contributed by atoms with Crippen molar-refractivity contribution in [1.29, 1.82) is 5.41 Å². The van der Waals surface area contributed by atoms with Gasteiger partial charge in [-0.3, -0.25) is 14.8 Å². The van der Waals surface area contributed by atoms with Crippen LogP contribution < -0.4 is 21.1 Å². The Balaban J connectivity index is 1.44. The Morgan fingerprint density at radius 1 is 1.12 bits per heavy atom. The molecule has 0 aliphatic heterocycles. The molecular weight excluding hydrogens is 705 g/mol. The molecule has 0 fully saturated rings. The van der Waals surface area contributed by atoms with Crippen LogP contribution in [0.1, 0.15) is 65.5 Å². The molecule has 2 unspecified atom stereocenters. The van der Waals surface area contributed by atoms with E-state index >= 15 is 8.78 Å². The van der Waals surface area contributed by atoms with E-state index in [1.54, 1.807) is 25.3 Å². The first-order valence-corrected chi connectivity index (χ1v) is 17.5. The molecule has 270 valence electrons. The maximum Gasteiger partial charge on any atom is 0.328 e. The van der Waals surface area contributed by atoms with Crippen molar-refractivity contribution in [2.45, 2.75) is 61.4 Å². The first-order valence-electron chi connectivity index (χ1n) is 16.2. The minimum absolute atomic E-state index is 0.133. The fraction of sp³-hybridized carbons (Fsp3) is 0.333. The molecule has 15 heteroatoms. The Kier molecular flexibility index (Phi) is 11.9. The molecule has 51 heavy (non-hydrogen) atoms. The minimum atomic E-state index is -1.09. The highest BCUT2D eigenvalue weighted by Crippen LogP contribution is 2.47. The van der Waals surface area contributed by atoms with E-state index < -0.39 is 40.8 Å². The number of nitrogens with zero attached hydrogens (tertiary/aromatic N) is 2. The van der Waals surface area contributed by atoms with Crippen molar-refractivity contribution >= 4 is 41.2 Å². The van der Waals surface area contributed by atoms with Crippen molar-refractivity contribution in [3.8, 4) is 11.4 Å². The van der Waals surface area contributed by atoms with E-state index in [0.29, 0.717) is 34.5 Å². The third kappa shape index (κ3) is 8.28. The van der Waals surface area contributed by atoms with Crippen LogP contribution in [0.25, 0.3) is 5.69 Å². The lowest BCUT2D eigenvalue weighted by Gasteiger charge is -2.36. The summed E-state index contributed by atoms with van der Waals surface area (Å²) in [6.45, 7) is 2.37. The number of benzene rings is 3. The van der Waals surface area contributed by atoms with Gasteiger partial charge in [0, 0.05) is 34.5 Å². The number of nitrogens with two attached hydrogens (primary N) is 1. The minimum Gasteiger partial charge on any atom is -0.495 e. The van der Waals surface area contributed by atoms with Crippen LogP contribution in [0.2, 0.25) is 5.02 Å². The second-order valence-corrected chi connectivity index (χ2v) is 13.6. The summed E-state index contributed by atoms with van der Waals surface area (Å²) in [5.74, 6) is -3.79. The molecule has 0 radical (unpaired) electrons. The van der Waals surface area contributed by atoms with Gasteiger partial charge in [-0.2, -0.15) is 0 Å². The first-order chi connectivity index (χ1) is 24.4. The third-order valence-electron chi connectivity index (χ3n) is 8.93. The van der Waals surface area contributed by atoms with E-state index in [-0.39, 0.29) is 35.8 Å². The number of hydrogen-bond donors (Lipinski definition) is 4. The Bertz CT molecular complexity index is 1920. The van der Waals surface area contributed by atoms with E-state index in [2.05, 4.69) is 17.6 Å². The monoisotopic (exact) mass is 742 g/mol. The molecule has 0 saturated carbocycles. The summed E-state index contributed by atoms with van der Waals surface area (Å²) >= 11 is 7.47. The largest absolute Gasteiger partial charge is 0.495 e. The van der Waals surface area contributed by atoms with Crippen LogP contribution in [0, 0.1) is 22.9 Å². The Hall–Kier alpha value is -4.69. The van der Waals surface area contributed by atoms with E-state index in [1.165, 1.54) is 12.1 Å². The highest BCUT2D eigenvalue weighted by molar-refractivity contribution is 7.98. The molecule has 1 aromatic heterocycles. The lowest BCUT2D eigenvalue weighted by Crippen LogP contribution is -2.42. The molecule has 1 aliphatic carbocycles. The molecule has 2 atom stereocenters. The zero-order valence-electron chi connectivity index (χ0n) is 28.2. The number of ether oxygens (including phenoxy) is 2. The lowest BCUT2D eigenvalue weighted by atomic mass is 9.71. The molecule has 1 aliphatic rings. The quantitative estimate of drug-likeness (QED) is 0.0404. The van der Waals surface area contributed by atoms with Crippen LogP contribution >= 0.6 is 23.4 Å². The molecule has 5 N–H and O–H groups in total. The molecular formula is C36H38ClF3N6O4S.